The van der Waals surface area contributed by atoms with E-state index in [0.29, 0.717) is 12.8 Å². The lowest BCUT2D eigenvalue weighted by molar-refractivity contribution is -0.134. The highest BCUT2D eigenvalue weighted by Gasteiger charge is 2.32. The molecule has 0 aliphatic rings. The Morgan fingerprint density at radius 2 is 1.42 bits per heavy atom. The molecule has 9 heteroatoms. The number of carbonyl (C=O) groups excluding carboxylic acids is 4. The Morgan fingerprint density at radius 1 is 0.806 bits per heavy atom. The molecule has 0 spiro atoms. The summed E-state index contributed by atoms with van der Waals surface area (Å²) in [5.41, 5.74) is 0. The highest BCUT2D eigenvalue weighted by atomic mass is 16.3. The van der Waals surface area contributed by atoms with Crippen LogP contribution in [-0.2, 0) is 19.2 Å². The molecule has 4 N–H and O–H groups in total. The molecule has 210 valence electrons. The van der Waals surface area contributed by atoms with Crippen LogP contribution in [0.5, 0.6) is 0 Å². The van der Waals surface area contributed by atoms with Gasteiger partial charge in [-0.3, -0.25) is 19.2 Å². The first-order valence-electron chi connectivity index (χ1n) is 13.5. The molecule has 0 bridgehead atoms. The van der Waals surface area contributed by atoms with Crippen molar-refractivity contribution >= 4 is 23.6 Å². The number of carbonyl (C=O) groups is 4. The van der Waals surface area contributed by atoms with E-state index in [0.717, 1.165) is 19.3 Å². The van der Waals surface area contributed by atoms with Crippen molar-refractivity contribution in [3.8, 4) is 0 Å². The first kappa shape index (κ1) is 33.8. The molecule has 0 rings (SSSR count). The molecule has 0 aromatic rings. The molecule has 0 aromatic carbocycles. The lowest BCUT2D eigenvalue weighted by Gasteiger charge is -2.31. The summed E-state index contributed by atoms with van der Waals surface area (Å²) in [5, 5.41) is 19.2. The second-order valence-corrected chi connectivity index (χ2v) is 11.1. The zero-order valence-electron chi connectivity index (χ0n) is 24.0. The number of aliphatic hydroxyl groups is 1. The van der Waals surface area contributed by atoms with E-state index in [9.17, 15) is 24.3 Å². The maximum absolute atomic E-state index is 13.3. The maximum Gasteiger partial charge on any atom is 0.243 e. The van der Waals surface area contributed by atoms with E-state index in [-0.39, 0.29) is 42.4 Å². The summed E-state index contributed by atoms with van der Waals surface area (Å²) in [6.45, 7) is 13.5. The molecule has 4 amide bonds. The Hall–Kier alpha value is -2.16. The molecule has 0 aliphatic carbocycles. The molecule has 0 heterocycles. The van der Waals surface area contributed by atoms with Crippen molar-refractivity contribution in [3.63, 3.8) is 0 Å². The third-order valence-corrected chi connectivity index (χ3v) is 6.20. The monoisotopic (exact) mass is 512 g/mol. The zero-order valence-corrected chi connectivity index (χ0v) is 24.0. The molecule has 0 fully saturated rings. The van der Waals surface area contributed by atoms with Gasteiger partial charge in [0.15, 0.2) is 0 Å². The zero-order chi connectivity index (χ0) is 28.0. The summed E-state index contributed by atoms with van der Waals surface area (Å²) >= 11 is 0. The molecule has 0 saturated heterocycles. The van der Waals surface area contributed by atoms with Gasteiger partial charge in [0, 0.05) is 26.9 Å². The Labute approximate surface area is 218 Å². The summed E-state index contributed by atoms with van der Waals surface area (Å²) in [7, 11) is 3.27. The molecule has 0 saturated carbocycles. The number of rotatable bonds is 17. The van der Waals surface area contributed by atoms with E-state index in [1.807, 2.05) is 41.5 Å². The van der Waals surface area contributed by atoms with Crippen LogP contribution in [0.1, 0.15) is 93.4 Å². The topological polar surface area (TPSA) is 128 Å². The Bertz CT molecular complexity index is 694. The number of nitrogens with zero attached hydrogens (tertiary/aromatic N) is 1. The lowest BCUT2D eigenvalue weighted by atomic mass is 9.92. The van der Waals surface area contributed by atoms with Gasteiger partial charge in [-0.2, -0.15) is 0 Å². The average molecular weight is 513 g/mol. The van der Waals surface area contributed by atoms with Gasteiger partial charge in [0.2, 0.25) is 23.6 Å². The van der Waals surface area contributed by atoms with Crippen molar-refractivity contribution in [2.75, 3.05) is 14.1 Å². The van der Waals surface area contributed by atoms with Crippen molar-refractivity contribution in [1.82, 2.24) is 20.9 Å². The smallest absolute Gasteiger partial charge is 0.243 e. The molecule has 36 heavy (non-hydrogen) atoms. The Morgan fingerprint density at radius 3 is 1.89 bits per heavy atom. The molecular formula is C27H52N4O5. The summed E-state index contributed by atoms with van der Waals surface area (Å²) in [5.74, 6) is -1.28. The standard InChI is InChI=1S/C27H52N4O5/c1-10-11-12-13-22(32)30-24(18(4)5)27(36)28-20(14-15-23(33)31(8)9)26(35)29-21(16-17(2)3)25(34)19(6)7/h17-21,24-25,34H,10-16H2,1-9H3,(H,28,36)(H,29,35)(H,30,32)/t20-,21-,24-,25-/m0/s1. The van der Waals surface area contributed by atoms with Gasteiger partial charge in [-0.25, -0.2) is 0 Å². The highest BCUT2D eigenvalue weighted by Crippen LogP contribution is 2.15. The first-order valence-corrected chi connectivity index (χ1v) is 13.5. The van der Waals surface area contributed by atoms with Gasteiger partial charge in [-0.1, -0.05) is 61.3 Å². The van der Waals surface area contributed by atoms with E-state index in [2.05, 4.69) is 22.9 Å². The van der Waals surface area contributed by atoms with Gasteiger partial charge in [0.1, 0.15) is 12.1 Å². The third-order valence-electron chi connectivity index (χ3n) is 6.20. The number of hydrogen-bond acceptors (Lipinski definition) is 5. The molecule has 0 unspecified atom stereocenters. The minimum atomic E-state index is -0.978. The summed E-state index contributed by atoms with van der Waals surface area (Å²) in [6, 6.07) is -2.26. The second kappa shape index (κ2) is 17.3. The quantitative estimate of drug-likeness (QED) is 0.223. The van der Waals surface area contributed by atoms with E-state index in [1.54, 1.807) is 14.1 Å². The summed E-state index contributed by atoms with van der Waals surface area (Å²) in [4.78, 5) is 52.6. The fraction of sp³-hybridized carbons (Fsp3) is 0.852. The number of unbranched alkanes of at least 4 members (excludes halogenated alkanes) is 2. The minimum Gasteiger partial charge on any atom is -0.391 e. The Balaban J connectivity index is 5.65. The van der Waals surface area contributed by atoms with E-state index in [1.165, 1.54) is 4.90 Å². The summed E-state index contributed by atoms with van der Waals surface area (Å²) in [6.07, 6.45) is 3.03. The predicted octanol–water partition coefficient (Wildman–Crippen LogP) is 2.61. The largest absolute Gasteiger partial charge is 0.391 e. The minimum absolute atomic E-state index is 0.0642. The number of aliphatic hydroxyl groups excluding tert-OH is 1. The van der Waals surface area contributed by atoms with Gasteiger partial charge >= 0.3 is 0 Å². The normalized spacial score (nSPS) is 14.8. The fourth-order valence-corrected chi connectivity index (χ4v) is 3.88. The molecule has 9 nitrogen and oxygen atoms in total. The lowest BCUT2D eigenvalue weighted by Crippen LogP contribution is -2.57. The summed E-state index contributed by atoms with van der Waals surface area (Å²) < 4.78 is 0. The van der Waals surface area contributed by atoms with E-state index >= 15 is 0 Å². The molecule has 4 atom stereocenters. The van der Waals surface area contributed by atoms with Gasteiger partial charge in [0.05, 0.1) is 12.1 Å². The van der Waals surface area contributed by atoms with Gasteiger partial charge in [-0.05, 0) is 37.0 Å². The van der Waals surface area contributed by atoms with Crippen molar-refractivity contribution < 1.29 is 24.3 Å². The van der Waals surface area contributed by atoms with Crippen LogP contribution in [-0.4, -0.2) is 72.0 Å². The SMILES string of the molecule is CCCCCC(=O)N[C@H](C(=O)N[C@@H](CCC(=O)N(C)C)C(=O)N[C@@H](CC(C)C)[C@@H](O)C(C)C)C(C)C. The van der Waals surface area contributed by atoms with Crippen LogP contribution in [0.3, 0.4) is 0 Å². The molecule has 0 radical (unpaired) electrons. The predicted molar refractivity (Wildman–Crippen MR) is 143 cm³/mol. The van der Waals surface area contributed by atoms with Crippen molar-refractivity contribution in [2.24, 2.45) is 17.8 Å². The van der Waals surface area contributed by atoms with Crippen molar-refractivity contribution in [3.05, 3.63) is 0 Å². The van der Waals surface area contributed by atoms with E-state index < -0.39 is 36.0 Å². The second-order valence-electron chi connectivity index (χ2n) is 11.1. The number of hydrogen-bond donors (Lipinski definition) is 4. The fourth-order valence-electron chi connectivity index (χ4n) is 3.88. The van der Waals surface area contributed by atoms with Gasteiger partial charge in [0.25, 0.3) is 0 Å². The number of nitrogens with one attached hydrogen (secondary N) is 3. The maximum atomic E-state index is 13.3. The van der Waals surface area contributed by atoms with Crippen LogP contribution in [0.2, 0.25) is 0 Å². The van der Waals surface area contributed by atoms with Crippen LogP contribution >= 0.6 is 0 Å². The van der Waals surface area contributed by atoms with Crippen LogP contribution in [0.15, 0.2) is 0 Å². The first-order chi connectivity index (χ1) is 16.7. The number of amides is 4. The van der Waals surface area contributed by atoms with Crippen LogP contribution in [0.4, 0.5) is 0 Å². The van der Waals surface area contributed by atoms with E-state index in [4.69, 9.17) is 0 Å². The third kappa shape index (κ3) is 13.2. The average Bonchev–Trinajstić information content (AvgIpc) is 2.78. The molecular weight excluding hydrogens is 460 g/mol. The van der Waals surface area contributed by atoms with Crippen LogP contribution in [0, 0.1) is 17.8 Å². The van der Waals surface area contributed by atoms with Crippen LogP contribution in [0.25, 0.3) is 0 Å². The molecule has 0 aliphatic heterocycles. The molecule has 0 aromatic heterocycles. The highest BCUT2D eigenvalue weighted by molar-refractivity contribution is 5.92. The van der Waals surface area contributed by atoms with Gasteiger partial charge < -0.3 is 26.0 Å². The van der Waals surface area contributed by atoms with Crippen molar-refractivity contribution in [2.45, 2.75) is 118 Å². The van der Waals surface area contributed by atoms with Crippen LogP contribution < -0.4 is 16.0 Å². The van der Waals surface area contributed by atoms with Crippen molar-refractivity contribution in [1.29, 1.82) is 0 Å². The Kier molecular flexibility index (Phi) is 16.3. The van der Waals surface area contributed by atoms with Gasteiger partial charge in [-0.15, -0.1) is 0 Å².